The van der Waals surface area contributed by atoms with Gasteiger partial charge < -0.3 is 95.0 Å². The number of phenols is 1. The number of unbranched alkanes of at least 4 members (excludes halogenated alkanes) is 2. The Morgan fingerprint density at radius 2 is 1.42 bits per heavy atom. The summed E-state index contributed by atoms with van der Waals surface area (Å²) in [6, 6.07) is -1.79. The maximum Gasteiger partial charge on any atom is 0.315 e. The Balaban J connectivity index is 1.19. The quantitative estimate of drug-likeness (QED) is 0.0166. The van der Waals surface area contributed by atoms with Crippen molar-refractivity contribution in [3.63, 3.8) is 0 Å². The van der Waals surface area contributed by atoms with E-state index < -0.39 is 96.7 Å². The maximum absolute atomic E-state index is 14.3. The summed E-state index contributed by atoms with van der Waals surface area (Å²) in [4.78, 5) is 133. The molecule has 11 amide bonds. The topological polar surface area (TPSA) is 484 Å². The van der Waals surface area contributed by atoms with Gasteiger partial charge in [-0.2, -0.15) is 11.8 Å². The molecule has 1 aromatic carbocycles. The fourth-order valence-corrected chi connectivity index (χ4v) is 11.3. The zero-order valence-corrected chi connectivity index (χ0v) is 50.5. The number of aromatic nitrogens is 3. The van der Waals surface area contributed by atoms with Gasteiger partial charge in [-0.1, -0.05) is 23.8 Å². The van der Waals surface area contributed by atoms with E-state index in [1.807, 2.05) is 11.8 Å². The standard InChI is InChI=1S/C55H88N18O14S/c1-33-49(79)66-39(10-4-6-18-56)51(81)68-40(27-34-14-16-36(74)17-15-34)53(83)67-38(11-8-19-61-54(58)59)50(80)62-29-45(76)64-37(48(57)78)9-5-7-21-73-30-35(71-72-73)28-41(52(82)63-33)65-46(77)31-87-26-25-86-24-23-85-22-20-60-44(75)13-3-2-12-43-47-42(32-88-43)69-55(84)70-47/h14-17,30,33,37-43,47,74H,2-13,18-29,31-32,56H2,1H3,(H2,57,78)(H,60,75)(H,62,80)(H,63,82)(H,64,76)(H,65,77)(H,66,79)(H,67,83)(H,68,81)(H4,58,59,61)(H2,69,70,84)/t33-,37-,38-,39-,40-,41-,42+,43?,47+/m0/s1. The molecule has 33 heteroatoms. The summed E-state index contributed by atoms with van der Waals surface area (Å²) in [6.45, 7) is 2.12. The molecular formula is C55H88N18O14S. The molecular weight excluding hydrogens is 1170 g/mol. The van der Waals surface area contributed by atoms with Crippen molar-refractivity contribution in [2.75, 3.05) is 71.6 Å². The summed E-state index contributed by atoms with van der Waals surface area (Å²) in [5.74, 6) is -5.91. The van der Waals surface area contributed by atoms with Crippen LogP contribution in [0.3, 0.4) is 0 Å². The van der Waals surface area contributed by atoms with Crippen molar-refractivity contribution in [2.45, 2.75) is 157 Å². The van der Waals surface area contributed by atoms with Crippen LogP contribution in [0, 0.1) is 5.41 Å². The van der Waals surface area contributed by atoms with E-state index >= 15 is 0 Å². The van der Waals surface area contributed by atoms with Crippen LogP contribution in [0.4, 0.5) is 4.79 Å². The van der Waals surface area contributed by atoms with E-state index in [9.17, 15) is 53.1 Å². The normalized spacial score (nSPS) is 23.5. The average Bonchev–Trinajstić information content (AvgIpc) is 2.23. The first-order valence-corrected chi connectivity index (χ1v) is 30.8. The second-order valence-electron chi connectivity index (χ2n) is 21.6. The summed E-state index contributed by atoms with van der Waals surface area (Å²) in [5, 5.41) is 55.8. The van der Waals surface area contributed by atoms with Crippen LogP contribution in [-0.4, -0.2) is 210 Å². The van der Waals surface area contributed by atoms with Crippen LogP contribution in [0.15, 0.2) is 30.5 Å². The van der Waals surface area contributed by atoms with Crippen LogP contribution in [0.25, 0.3) is 0 Å². The van der Waals surface area contributed by atoms with Gasteiger partial charge in [0.2, 0.25) is 53.2 Å². The maximum atomic E-state index is 14.3. The molecule has 2 fully saturated rings. The Kier molecular flexibility index (Phi) is 30.9. The van der Waals surface area contributed by atoms with Gasteiger partial charge >= 0.3 is 6.03 Å². The number of nitrogens with zero attached hydrogens (tertiary/aromatic N) is 3. The summed E-state index contributed by atoms with van der Waals surface area (Å²) >= 11 is 1.85. The van der Waals surface area contributed by atoms with Crippen molar-refractivity contribution < 1.29 is 67.3 Å². The number of benzene rings is 1. The van der Waals surface area contributed by atoms with Gasteiger partial charge in [-0.3, -0.25) is 53.2 Å². The molecule has 0 spiro atoms. The predicted molar refractivity (Wildman–Crippen MR) is 320 cm³/mol. The Morgan fingerprint density at radius 1 is 0.739 bits per heavy atom. The van der Waals surface area contributed by atoms with E-state index in [1.54, 1.807) is 6.20 Å². The number of phenolic OH excluding ortho intramolecular Hbond substituents is 1. The molecule has 2 saturated heterocycles. The lowest BCUT2D eigenvalue weighted by atomic mass is 10.0. The molecule has 5 rings (SSSR count). The predicted octanol–water partition coefficient (Wildman–Crippen LogP) is -4.23. The number of guanidine groups is 1. The zero-order valence-electron chi connectivity index (χ0n) is 49.7. The number of carbonyl (C=O) groups is 10. The third-order valence-electron chi connectivity index (χ3n) is 14.5. The molecule has 0 saturated carbocycles. The Bertz CT molecular complexity index is 2640. The number of hydrogen-bond acceptors (Lipinski definition) is 19. The SMILES string of the molecule is C[C@@H]1NC(=O)[C@@H](NC(=O)COCCOCCOCCNC(=O)CCCCC2SC[C@H]3NC(=O)N[C@@H]23)Cc2cn(nn2)CCCC[C@@H](C(N)=O)NC(=O)CNC(=O)[C@H](CCCNC(=N)N)NC(=O)[C@H](Cc2ccc(O)cc2)NC(=O)[C@H](CCCCN)NC1=O. The summed E-state index contributed by atoms with van der Waals surface area (Å²) in [5.41, 5.74) is 17.6. The number of nitrogens with one attached hydrogen (secondary N) is 12. The highest BCUT2D eigenvalue weighted by molar-refractivity contribution is 8.00. The summed E-state index contributed by atoms with van der Waals surface area (Å²) < 4.78 is 18.1. The van der Waals surface area contributed by atoms with Crippen molar-refractivity contribution in [3.8, 4) is 5.75 Å². The first-order valence-electron chi connectivity index (χ1n) is 29.8. The van der Waals surface area contributed by atoms with E-state index in [1.165, 1.54) is 35.9 Å². The minimum absolute atomic E-state index is 0.00534. The largest absolute Gasteiger partial charge is 0.508 e. The van der Waals surface area contributed by atoms with E-state index in [4.69, 9.17) is 36.8 Å². The third-order valence-corrected chi connectivity index (χ3v) is 16.0. The van der Waals surface area contributed by atoms with Crippen LogP contribution in [0.5, 0.6) is 5.75 Å². The average molecular weight is 1260 g/mol. The number of urea groups is 1. The van der Waals surface area contributed by atoms with Crippen LogP contribution < -0.4 is 75.7 Å². The number of rotatable bonds is 28. The summed E-state index contributed by atoms with van der Waals surface area (Å²) in [7, 11) is 0. The van der Waals surface area contributed by atoms with Crippen LogP contribution in [0.1, 0.15) is 95.2 Å². The van der Waals surface area contributed by atoms with Gasteiger partial charge in [-0.05, 0) is 95.4 Å². The zero-order chi connectivity index (χ0) is 63.8. The molecule has 0 radical (unpaired) electrons. The monoisotopic (exact) mass is 1260 g/mol. The molecule has 2 aromatic rings. The fraction of sp³-hybridized carbons (Fsp3) is 0.655. The number of aromatic hydroxyl groups is 1. The van der Waals surface area contributed by atoms with Gasteiger partial charge in [0.05, 0.1) is 57.4 Å². The van der Waals surface area contributed by atoms with Gasteiger partial charge in [-0.15, -0.1) is 5.10 Å². The molecule has 4 heterocycles. The second-order valence-corrected chi connectivity index (χ2v) is 22.9. The first-order chi connectivity index (χ1) is 42.3. The van der Waals surface area contributed by atoms with E-state index in [-0.39, 0.29) is 133 Å². The number of amides is 11. The number of fused-ring (bicyclic) bond motifs is 3. The molecule has 88 heavy (non-hydrogen) atoms. The number of carbonyl (C=O) groups excluding carboxylic acids is 10. The lowest BCUT2D eigenvalue weighted by Crippen LogP contribution is -2.59. The van der Waals surface area contributed by atoms with Gasteiger partial charge in [0.1, 0.15) is 48.6 Å². The molecule has 19 N–H and O–H groups in total. The number of nitrogens with two attached hydrogens (primary N) is 3. The highest BCUT2D eigenvalue weighted by Gasteiger charge is 2.42. The molecule has 3 aliphatic heterocycles. The van der Waals surface area contributed by atoms with Gasteiger partial charge in [0, 0.05) is 56.1 Å². The molecule has 1 unspecified atom stereocenters. The highest BCUT2D eigenvalue weighted by Crippen LogP contribution is 2.33. The molecule has 32 nitrogen and oxygen atoms in total. The lowest BCUT2D eigenvalue weighted by molar-refractivity contribution is -0.135. The van der Waals surface area contributed by atoms with E-state index in [2.05, 4.69) is 68.8 Å². The summed E-state index contributed by atoms with van der Waals surface area (Å²) in [6.07, 6.45) is 6.02. The Labute approximate surface area is 514 Å². The molecule has 2 bridgehead atoms. The number of primary amides is 1. The van der Waals surface area contributed by atoms with Crippen molar-refractivity contribution in [1.29, 1.82) is 5.41 Å². The Hall–Kier alpha value is -7.88. The van der Waals surface area contributed by atoms with E-state index in [0.717, 1.165) is 25.0 Å². The third kappa shape index (κ3) is 26.2. The highest BCUT2D eigenvalue weighted by atomic mass is 32.2. The number of aryl methyl sites for hydroxylation is 1. The van der Waals surface area contributed by atoms with Crippen LogP contribution in [0.2, 0.25) is 0 Å². The fourth-order valence-electron chi connectivity index (χ4n) is 9.73. The molecule has 1 aromatic heterocycles. The number of ether oxygens (including phenoxy) is 3. The molecule has 3 aliphatic rings. The molecule has 488 valence electrons. The molecule has 9 atom stereocenters. The minimum atomic E-state index is -1.41. The number of thioether (sulfide) groups is 1. The minimum Gasteiger partial charge on any atom is -0.508 e. The lowest BCUT2D eigenvalue weighted by Gasteiger charge is -2.27. The van der Waals surface area contributed by atoms with Crippen molar-refractivity contribution >= 4 is 76.9 Å². The van der Waals surface area contributed by atoms with Crippen molar-refractivity contribution in [1.82, 2.24) is 73.5 Å². The van der Waals surface area contributed by atoms with Crippen molar-refractivity contribution in [3.05, 3.63) is 41.7 Å². The van der Waals surface area contributed by atoms with Crippen molar-refractivity contribution in [2.24, 2.45) is 17.2 Å². The van der Waals surface area contributed by atoms with Gasteiger partial charge in [-0.25, -0.2) is 4.79 Å². The van der Waals surface area contributed by atoms with Gasteiger partial charge in [0.25, 0.3) is 0 Å². The van der Waals surface area contributed by atoms with Crippen LogP contribution >= 0.6 is 11.8 Å². The first kappa shape index (κ1) is 70.9. The smallest absolute Gasteiger partial charge is 0.315 e. The Morgan fingerprint density at radius 3 is 2.16 bits per heavy atom. The molecule has 0 aliphatic carbocycles. The van der Waals surface area contributed by atoms with Gasteiger partial charge in [0.15, 0.2) is 5.96 Å². The number of hydrogen-bond donors (Lipinski definition) is 16. The van der Waals surface area contributed by atoms with E-state index in [0.29, 0.717) is 49.5 Å². The van der Waals surface area contributed by atoms with Crippen LogP contribution in [-0.2, 0) is 76.7 Å². The second kappa shape index (κ2) is 38.4.